The minimum atomic E-state index is -0.973. The highest BCUT2D eigenvalue weighted by molar-refractivity contribution is 5.90. The van der Waals surface area contributed by atoms with Crippen LogP contribution in [-0.2, 0) is 6.61 Å². The molecule has 134 valence electrons. The first-order chi connectivity index (χ1) is 12.6. The number of nitrogens with zero attached hydrogens (tertiary/aromatic N) is 1. The van der Waals surface area contributed by atoms with Gasteiger partial charge >= 0.3 is 6.09 Å². The molecule has 2 N–H and O–H groups in total. The number of ether oxygens (including phenoxy) is 1. The van der Waals surface area contributed by atoms with Gasteiger partial charge in [-0.2, -0.15) is 0 Å². The van der Waals surface area contributed by atoms with Crippen LogP contribution in [0.5, 0.6) is 11.5 Å². The number of phenolic OH excluding ortho intramolecular Hbond substituents is 1. The fraction of sp³-hybridized carbons (Fsp3) is 0.200. The largest absolute Gasteiger partial charge is 0.507 e. The van der Waals surface area contributed by atoms with Crippen molar-refractivity contribution in [2.75, 3.05) is 13.1 Å². The first-order valence-electron chi connectivity index (χ1n) is 8.24. The van der Waals surface area contributed by atoms with Crippen LogP contribution in [-0.4, -0.2) is 40.6 Å². The first-order valence-corrected chi connectivity index (χ1v) is 8.24. The number of carboxylic acid groups (broad SMARTS) is 1. The van der Waals surface area contributed by atoms with Gasteiger partial charge in [-0.15, -0.1) is 0 Å². The lowest BCUT2D eigenvalue weighted by Crippen LogP contribution is -2.33. The van der Waals surface area contributed by atoms with Gasteiger partial charge in [0.2, 0.25) is 0 Å². The first kappa shape index (κ1) is 17.5. The summed E-state index contributed by atoms with van der Waals surface area (Å²) < 4.78 is 5.76. The summed E-state index contributed by atoms with van der Waals surface area (Å²) in [6.07, 6.45) is 1.87. The van der Waals surface area contributed by atoms with Crippen LogP contribution in [0.2, 0.25) is 0 Å². The summed E-state index contributed by atoms with van der Waals surface area (Å²) in [6, 6.07) is 12.8. The molecule has 0 radical (unpaired) electrons. The molecule has 2 aromatic carbocycles. The standard InChI is InChI=1S/C20H19NO5/c22-12-18-17(15-6-8-21(9-7-15)20(24)25)10-16(11-19(18)23)26-13-14-4-2-1-3-5-14/h1-6,10-12,23H,7-9,13H2,(H,24,25). The SMILES string of the molecule is O=Cc1c(O)cc(OCc2ccccc2)cc1C1=CCN(C(=O)O)CC1. The maximum Gasteiger partial charge on any atom is 0.407 e. The predicted molar refractivity (Wildman–Crippen MR) is 96.5 cm³/mol. The van der Waals surface area contributed by atoms with Gasteiger partial charge in [0.05, 0.1) is 5.56 Å². The average molecular weight is 353 g/mol. The highest BCUT2D eigenvalue weighted by Gasteiger charge is 2.20. The number of carbonyl (C=O) groups excluding carboxylic acids is 1. The van der Waals surface area contributed by atoms with Crippen molar-refractivity contribution in [2.45, 2.75) is 13.0 Å². The van der Waals surface area contributed by atoms with Gasteiger partial charge in [0.15, 0.2) is 6.29 Å². The molecule has 0 unspecified atom stereocenters. The number of benzene rings is 2. The highest BCUT2D eigenvalue weighted by atomic mass is 16.5. The normalized spacial score (nSPS) is 13.8. The van der Waals surface area contributed by atoms with Gasteiger partial charge in [0.1, 0.15) is 18.1 Å². The molecule has 0 aromatic heterocycles. The third kappa shape index (κ3) is 3.85. The Kier molecular flexibility index (Phi) is 5.22. The highest BCUT2D eigenvalue weighted by Crippen LogP contribution is 2.34. The minimum absolute atomic E-state index is 0.151. The van der Waals surface area contributed by atoms with Crippen LogP contribution in [0.25, 0.3) is 5.57 Å². The molecule has 0 atom stereocenters. The number of aldehydes is 1. The topological polar surface area (TPSA) is 87.1 Å². The Morgan fingerprint density at radius 3 is 2.62 bits per heavy atom. The summed E-state index contributed by atoms with van der Waals surface area (Å²) in [6.45, 7) is 0.931. The maximum atomic E-state index is 11.4. The van der Waals surface area contributed by atoms with Crippen molar-refractivity contribution in [3.05, 3.63) is 65.2 Å². The number of phenols is 1. The molecule has 1 amide bonds. The molecular weight excluding hydrogens is 334 g/mol. The van der Waals surface area contributed by atoms with Crippen molar-refractivity contribution in [3.63, 3.8) is 0 Å². The van der Waals surface area contributed by atoms with Crippen LogP contribution in [0.15, 0.2) is 48.5 Å². The molecule has 0 spiro atoms. The quantitative estimate of drug-likeness (QED) is 0.803. The summed E-state index contributed by atoms with van der Waals surface area (Å²) in [5, 5.41) is 19.2. The third-order valence-corrected chi connectivity index (χ3v) is 4.32. The van der Waals surface area contributed by atoms with Crippen molar-refractivity contribution < 1.29 is 24.5 Å². The van der Waals surface area contributed by atoms with Crippen LogP contribution >= 0.6 is 0 Å². The second-order valence-electron chi connectivity index (χ2n) is 6.00. The van der Waals surface area contributed by atoms with Crippen LogP contribution < -0.4 is 4.74 Å². The summed E-state index contributed by atoms with van der Waals surface area (Å²) in [4.78, 5) is 23.7. The molecule has 2 aromatic rings. The Morgan fingerprint density at radius 2 is 2.00 bits per heavy atom. The summed E-state index contributed by atoms with van der Waals surface area (Å²) >= 11 is 0. The molecule has 0 bridgehead atoms. The minimum Gasteiger partial charge on any atom is -0.507 e. The molecule has 3 rings (SSSR count). The van der Waals surface area contributed by atoms with E-state index in [9.17, 15) is 14.7 Å². The zero-order valence-electron chi connectivity index (χ0n) is 14.1. The Morgan fingerprint density at radius 1 is 1.23 bits per heavy atom. The van der Waals surface area contributed by atoms with Crippen LogP contribution in [0.1, 0.15) is 27.9 Å². The lowest BCUT2D eigenvalue weighted by molar-refractivity contribution is 0.112. The lowest BCUT2D eigenvalue weighted by Gasteiger charge is -2.24. The lowest BCUT2D eigenvalue weighted by atomic mass is 9.94. The second kappa shape index (κ2) is 7.74. The molecule has 0 saturated heterocycles. The average Bonchev–Trinajstić information content (AvgIpc) is 2.67. The predicted octanol–water partition coefficient (Wildman–Crippen LogP) is 3.55. The van der Waals surface area contributed by atoms with E-state index in [4.69, 9.17) is 9.84 Å². The zero-order valence-corrected chi connectivity index (χ0v) is 14.1. The molecule has 1 heterocycles. The van der Waals surface area contributed by atoms with Crippen molar-refractivity contribution in [2.24, 2.45) is 0 Å². The van der Waals surface area contributed by atoms with E-state index in [1.807, 2.05) is 30.3 Å². The van der Waals surface area contributed by atoms with E-state index in [-0.39, 0.29) is 17.9 Å². The van der Waals surface area contributed by atoms with Gasteiger partial charge in [-0.3, -0.25) is 4.79 Å². The Balaban J connectivity index is 1.85. The van der Waals surface area contributed by atoms with E-state index in [2.05, 4.69) is 0 Å². The summed E-state index contributed by atoms with van der Waals surface area (Å²) in [7, 11) is 0. The molecule has 0 fully saturated rings. The number of hydrogen-bond donors (Lipinski definition) is 2. The van der Waals surface area contributed by atoms with Gasteiger partial charge < -0.3 is 19.8 Å². The summed E-state index contributed by atoms with van der Waals surface area (Å²) in [5.74, 6) is 0.302. The van der Waals surface area contributed by atoms with Gasteiger partial charge in [-0.05, 0) is 29.2 Å². The fourth-order valence-corrected chi connectivity index (χ4v) is 2.91. The second-order valence-corrected chi connectivity index (χ2v) is 6.00. The zero-order chi connectivity index (χ0) is 18.5. The monoisotopic (exact) mass is 353 g/mol. The molecule has 0 saturated carbocycles. The van der Waals surface area contributed by atoms with Gasteiger partial charge in [0, 0.05) is 19.2 Å². The van der Waals surface area contributed by atoms with Crippen LogP contribution in [0.4, 0.5) is 4.79 Å². The summed E-state index contributed by atoms with van der Waals surface area (Å²) in [5.41, 5.74) is 2.58. The van der Waals surface area contributed by atoms with Gasteiger partial charge in [0.25, 0.3) is 0 Å². The number of aromatic hydroxyl groups is 1. The number of amides is 1. The van der Waals surface area contributed by atoms with Crippen LogP contribution in [0, 0.1) is 0 Å². The van der Waals surface area contributed by atoms with Gasteiger partial charge in [-0.1, -0.05) is 36.4 Å². The van der Waals surface area contributed by atoms with Crippen molar-refractivity contribution in [1.82, 2.24) is 4.90 Å². The smallest absolute Gasteiger partial charge is 0.407 e. The fourth-order valence-electron chi connectivity index (χ4n) is 2.91. The van der Waals surface area contributed by atoms with Crippen molar-refractivity contribution >= 4 is 18.0 Å². The number of hydrogen-bond acceptors (Lipinski definition) is 4. The van der Waals surface area contributed by atoms with E-state index in [1.165, 1.54) is 11.0 Å². The molecule has 0 aliphatic carbocycles. The molecule has 6 heteroatoms. The Hall–Kier alpha value is -3.28. The molecular formula is C20H19NO5. The molecule has 1 aliphatic heterocycles. The van der Waals surface area contributed by atoms with E-state index >= 15 is 0 Å². The van der Waals surface area contributed by atoms with Crippen molar-refractivity contribution in [1.29, 1.82) is 0 Å². The maximum absolute atomic E-state index is 11.4. The van der Waals surface area contributed by atoms with Crippen molar-refractivity contribution in [3.8, 4) is 11.5 Å². The Bertz CT molecular complexity index is 845. The molecule has 1 aliphatic rings. The van der Waals surface area contributed by atoms with E-state index in [1.54, 1.807) is 12.1 Å². The molecule has 6 nitrogen and oxygen atoms in total. The number of rotatable bonds is 5. The van der Waals surface area contributed by atoms with Crippen LogP contribution in [0.3, 0.4) is 0 Å². The number of carbonyl (C=O) groups is 2. The van der Waals surface area contributed by atoms with E-state index in [0.29, 0.717) is 37.2 Å². The molecule has 26 heavy (non-hydrogen) atoms. The van der Waals surface area contributed by atoms with Gasteiger partial charge in [-0.25, -0.2) is 4.79 Å². The Labute approximate surface area is 150 Å². The van der Waals surface area contributed by atoms with E-state index in [0.717, 1.165) is 11.1 Å². The van der Waals surface area contributed by atoms with E-state index < -0.39 is 6.09 Å². The third-order valence-electron chi connectivity index (χ3n) is 4.32.